The number of hydrogen-bond acceptors (Lipinski definition) is 2. The molecule has 0 bridgehead atoms. The van der Waals surface area contributed by atoms with E-state index in [1.807, 2.05) is 73.7 Å². The van der Waals surface area contributed by atoms with Crippen molar-refractivity contribution in [3.63, 3.8) is 0 Å². The van der Waals surface area contributed by atoms with E-state index >= 15 is 0 Å². The minimum atomic E-state index is -0.343. The zero-order valence-corrected chi connectivity index (χ0v) is 16.9. The summed E-state index contributed by atoms with van der Waals surface area (Å²) in [5, 5.41) is 3.15. The average Bonchev–Trinajstić information content (AvgIpc) is 2.73. The Labute approximate surface area is 168 Å². The first-order valence-corrected chi connectivity index (χ1v) is 9.90. The first-order chi connectivity index (χ1) is 13.6. The highest BCUT2D eigenvalue weighted by Gasteiger charge is 2.23. The van der Waals surface area contributed by atoms with Gasteiger partial charge in [-0.2, -0.15) is 0 Å². The Morgan fingerprint density at radius 1 is 0.857 bits per heavy atom. The molecule has 0 saturated carbocycles. The number of carbonyl (C=O) groups excluding carboxylic acids is 1. The number of carbonyl (C=O) groups is 1. The number of nitrogens with one attached hydrogen (secondary N) is 1. The molecule has 0 atom stereocenters. The Morgan fingerprint density at radius 2 is 1.39 bits per heavy atom. The highest BCUT2D eigenvalue weighted by atomic mass is 16.1. The summed E-state index contributed by atoms with van der Waals surface area (Å²) in [5.41, 5.74) is 5.09. The maximum absolute atomic E-state index is 13.3. The third kappa shape index (κ3) is 4.42. The van der Waals surface area contributed by atoms with Crippen LogP contribution in [-0.2, 0) is 4.79 Å². The lowest BCUT2D eigenvalue weighted by Crippen LogP contribution is -2.23. The summed E-state index contributed by atoms with van der Waals surface area (Å²) in [6, 6.07) is 26.1. The first-order valence-electron chi connectivity index (χ1n) is 9.90. The van der Waals surface area contributed by atoms with E-state index in [1.165, 1.54) is 5.69 Å². The van der Waals surface area contributed by atoms with Gasteiger partial charge in [-0.1, -0.05) is 60.7 Å². The standard InChI is InChI=1S/C25H28N2O/c1-4-27(5-2)22-16-17-23(19(3)18-22)26-25(28)24(20-12-8-6-9-13-20)21-14-10-7-11-15-21/h6-18,24H,4-5H2,1-3H3,(H,26,28). The molecule has 3 nitrogen and oxygen atoms in total. The van der Waals surface area contributed by atoms with Crippen LogP contribution < -0.4 is 10.2 Å². The van der Waals surface area contributed by atoms with E-state index in [9.17, 15) is 4.79 Å². The second-order valence-electron chi connectivity index (χ2n) is 6.92. The molecule has 0 aliphatic carbocycles. The molecule has 0 aliphatic rings. The van der Waals surface area contributed by atoms with Crippen LogP contribution in [0, 0.1) is 6.92 Å². The zero-order chi connectivity index (χ0) is 19.9. The van der Waals surface area contributed by atoms with Gasteiger partial charge in [0.2, 0.25) is 5.91 Å². The van der Waals surface area contributed by atoms with Gasteiger partial charge in [0.1, 0.15) is 0 Å². The van der Waals surface area contributed by atoms with Crippen molar-refractivity contribution < 1.29 is 4.79 Å². The number of anilines is 2. The summed E-state index contributed by atoms with van der Waals surface area (Å²) < 4.78 is 0. The third-order valence-corrected chi connectivity index (χ3v) is 5.12. The molecule has 144 valence electrons. The van der Waals surface area contributed by atoms with Crippen molar-refractivity contribution in [3.05, 3.63) is 95.6 Å². The molecule has 0 fully saturated rings. The quantitative estimate of drug-likeness (QED) is 0.584. The molecule has 3 aromatic rings. The van der Waals surface area contributed by atoms with Crippen LogP contribution in [0.5, 0.6) is 0 Å². The smallest absolute Gasteiger partial charge is 0.236 e. The maximum Gasteiger partial charge on any atom is 0.236 e. The Hall–Kier alpha value is -3.07. The van der Waals surface area contributed by atoms with Gasteiger partial charge in [-0.25, -0.2) is 0 Å². The van der Waals surface area contributed by atoms with Crippen LogP contribution in [0.2, 0.25) is 0 Å². The van der Waals surface area contributed by atoms with Crippen molar-refractivity contribution in [1.29, 1.82) is 0 Å². The van der Waals surface area contributed by atoms with Crippen molar-refractivity contribution >= 4 is 17.3 Å². The summed E-state index contributed by atoms with van der Waals surface area (Å²) in [6.07, 6.45) is 0. The molecule has 0 heterocycles. The van der Waals surface area contributed by atoms with Gasteiger partial charge < -0.3 is 10.2 Å². The molecule has 1 N–H and O–H groups in total. The van der Waals surface area contributed by atoms with Crippen molar-refractivity contribution in [2.24, 2.45) is 0 Å². The fourth-order valence-corrected chi connectivity index (χ4v) is 3.56. The number of aryl methyl sites for hydroxylation is 1. The van der Waals surface area contributed by atoms with Gasteiger partial charge in [0.05, 0.1) is 5.92 Å². The van der Waals surface area contributed by atoms with E-state index < -0.39 is 0 Å². The lowest BCUT2D eigenvalue weighted by molar-refractivity contribution is -0.116. The van der Waals surface area contributed by atoms with Gasteiger partial charge >= 0.3 is 0 Å². The highest BCUT2D eigenvalue weighted by Crippen LogP contribution is 2.28. The Kier molecular flexibility index (Phi) is 6.49. The van der Waals surface area contributed by atoms with Crippen LogP contribution in [0.3, 0.4) is 0 Å². The van der Waals surface area contributed by atoms with Crippen molar-refractivity contribution in [2.45, 2.75) is 26.7 Å². The molecular weight excluding hydrogens is 344 g/mol. The molecule has 0 spiro atoms. The third-order valence-electron chi connectivity index (χ3n) is 5.12. The number of rotatable bonds is 7. The molecule has 3 rings (SSSR count). The summed E-state index contributed by atoms with van der Waals surface area (Å²) >= 11 is 0. The maximum atomic E-state index is 13.3. The van der Waals surface area contributed by atoms with E-state index in [0.29, 0.717) is 0 Å². The number of amides is 1. The minimum Gasteiger partial charge on any atom is -0.372 e. The van der Waals surface area contributed by atoms with Gasteiger partial charge in [0.25, 0.3) is 0 Å². The van der Waals surface area contributed by atoms with Crippen LogP contribution in [0.1, 0.15) is 36.5 Å². The van der Waals surface area contributed by atoms with Gasteiger partial charge in [-0.3, -0.25) is 4.79 Å². The van der Waals surface area contributed by atoms with E-state index in [0.717, 1.165) is 35.5 Å². The highest BCUT2D eigenvalue weighted by molar-refractivity contribution is 5.98. The normalized spacial score (nSPS) is 10.7. The predicted octanol–water partition coefficient (Wildman–Crippen LogP) is 5.61. The fourth-order valence-electron chi connectivity index (χ4n) is 3.56. The van der Waals surface area contributed by atoms with Gasteiger partial charge in [-0.05, 0) is 55.7 Å². The zero-order valence-electron chi connectivity index (χ0n) is 16.9. The molecule has 3 heteroatoms. The average molecular weight is 373 g/mol. The van der Waals surface area contributed by atoms with Crippen LogP contribution in [0.4, 0.5) is 11.4 Å². The molecule has 0 aromatic heterocycles. The SMILES string of the molecule is CCN(CC)c1ccc(NC(=O)C(c2ccccc2)c2ccccc2)c(C)c1. The van der Waals surface area contributed by atoms with Gasteiger partial charge in [0.15, 0.2) is 0 Å². The molecule has 1 amide bonds. The Balaban J connectivity index is 1.89. The van der Waals surface area contributed by atoms with Crippen LogP contribution in [0.25, 0.3) is 0 Å². The molecule has 28 heavy (non-hydrogen) atoms. The van der Waals surface area contributed by atoms with E-state index in [-0.39, 0.29) is 11.8 Å². The second-order valence-corrected chi connectivity index (χ2v) is 6.92. The lowest BCUT2D eigenvalue weighted by atomic mass is 9.90. The molecule has 0 radical (unpaired) electrons. The molecular formula is C25H28N2O. The van der Waals surface area contributed by atoms with Crippen LogP contribution in [-0.4, -0.2) is 19.0 Å². The topological polar surface area (TPSA) is 32.3 Å². The summed E-state index contributed by atoms with van der Waals surface area (Å²) in [6.45, 7) is 8.28. The molecule has 0 aliphatic heterocycles. The first kappa shape index (κ1) is 19.7. The van der Waals surface area contributed by atoms with Crippen LogP contribution in [0.15, 0.2) is 78.9 Å². The van der Waals surface area contributed by atoms with Crippen molar-refractivity contribution in [3.8, 4) is 0 Å². The fraction of sp³-hybridized carbons (Fsp3) is 0.240. The lowest BCUT2D eigenvalue weighted by Gasteiger charge is -2.23. The number of hydrogen-bond donors (Lipinski definition) is 1. The molecule has 3 aromatic carbocycles. The summed E-state index contributed by atoms with van der Waals surface area (Å²) in [7, 11) is 0. The number of nitrogens with zero attached hydrogens (tertiary/aromatic N) is 1. The Bertz CT molecular complexity index is 863. The predicted molar refractivity (Wildman–Crippen MR) is 118 cm³/mol. The number of benzene rings is 3. The Morgan fingerprint density at radius 3 is 1.86 bits per heavy atom. The van der Waals surface area contributed by atoms with Crippen LogP contribution >= 0.6 is 0 Å². The van der Waals surface area contributed by atoms with E-state index in [1.54, 1.807) is 0 Å². The summed E-state index contributed by atoms with van der Waals surface area (Å²) in [4.78, 5) is 15.6. The summed E-state index contributed by atoms with van der Waals surface area (Å²) in [5.74, 6) is -0.361. The van der Waals surface area contributed by atoms with Gasteiger partial charge in [0, 0.05) is 24.5 Å². The monoisotopic (exact) mass is 372 g/mol. The molecule has 0 saturated heterocycles. The van der Waals surface area contributed by atoms with Crippen molar-refractivity contribution in [2.75, 3.05) is 23.3 Å². The molecule has 0 unspecified atom stereocenters. The van der Waals surface area contributed by atoms with E-state index in [2.05, 4.69) is 36.2 Å². The largest absolute Gasteiger partial charge is 0.372 e. The van der Waals surface area contributed by atoms with Gasteiger partial charge in [-0.15, -0.1) is 0 Å². The minimum absolute atomic E-state index is 0.0175. The van der Waals surface area contributed by atoms with E-state index in [4.69, 9.17) is 0 Å². The second kappa shape index (κ2) is 9.23. The van der Waals surface area contributed by atoms with Crippen molar-refractivity contribution in [1.82, 2.24) is 0 Å².